The van der Waals surface area contributed by atoms with E-state index in [-0.39, 0.29) is 11.3 Å². The van der Waals surface area contributed by atoms with E-state index in [9.17, 15) is 4.79 Å². The maximum absolute atomic E-state index is 11.9. The van der Waals surface area contributed by atoms with Gasteiger partial charge in [0.25, 0.3) is 5.91 Å². The smallest absolute Gasteiger partial charge is 0.263 e. The summed E-state index contributed by atoms with van der Waals surface area (Å²) in [5.41, 5.74) is 2.24. The van der Waals surface area contributed by atoms with Gasteiger partial charge in [0.05, 0.1) is 14.2 Å². The summed E-state index contributed by atoms with van der Waals surface area (Å²) >= 11 is 1.41. The van der Waals surface area contributed by atoms with Crippen molar-refractivity contribution < 1.29 is 14.4 Å². The Kier molecular flexibility index (Phi) is 4.57. The van der Waals surface area contributed by atoms with Gasteiger partial charge in [0.15, 0.2) is 0 Å². The van der Waals surface area contributed by atoms with Crippen LogP contribution in [-0.2, 0) is 14.4 Å². The number of ether oxygens (including phenoxy) is 1. The van der Waals surface area contributed by atoms with Gasteiger partial charge >= 0.3 is 0 Å². The fourth-order valence-corrected chi connectivity index (χ4v) is 3.25. The molecule has 0 saturated heterocycles. The fraction of sp³-hybridized carbons (Fsp3) is 0.357. The van der Waals surface area contributed by atoms with Crippen molar-refractivity contribution in [3.63, 3.8) is 0 Å². The molecule has 1 heterocycles. The van der Waals surface area contributed by atoms with Gasteiger partial charge in [-0.3, -0.25) is 9.63 Å². The fourth-order valence-electron chi connectivity index (χ4n) is 1.98. The number of carbonyl (C=O) groups is 1. The summed E-state index contributed by atoms with van der Waals surface area (Å²) < 4.78 is 5.32. The molecule has 5 nitrogen and oxygen atoms in total. The van der Waals surface area contributed by atoms with Crippen molar-refractivity contribution in [2.45, 2.75) is 12.3 Å². The molecule has 0 aromatic heterocycles. The maximum atomic E-state index is 11.9. The number of aryl methyl sites for hydroxylation is 1. The summed E-state index contributed by atoms with van der Waals surface area (Å²) in [5.74, 6) is 0.255. The van der Waals surface area contributed by atoms with Crippen molar-refractivity contribution in [3.05, 3.63) is 46.2 Å². The first-order valence-corrected chi connectivity index (χ1v) is 7.07. The van der Waals surface area contributed by atoms with E-state index in [1.807, 2.05) is 31.2 Å². The van der Waals surface area contributed by atoms with Crippen molar-refractivity contribution in [3.8, 4) is 0 Å². The highest BCUT2D eigenvalue weighted by Gasteiger charge is 2.38. The molecule has 20 heavy (non-hydrogen) atoms. The lowest BCUT2D eigenvalue weighted by atomic mass is 10.1. The van der Waals surface area contributed by atoms with Gasteiger partial charge in [0.2, 0.25) is 5.88 Å². The molecule has 0 bridgehead atoms. The number of rotatable bonds is 4. The number of hydrogen-bond donors (Lipinski definition) is 1. The van der Waals surface area contributed by atoms with Gasteiger partial charge in [-0.25, -0.2) is 5.06 Å². The van der Waals surface area contributed by atoms with Gasteiger partial charge in [0.1, 0.15) is 10.3 Å². The Balaban J connectivity index is 2.34. The monoisotopic (exact) mass is 294 g/mol. The lowest BCUT2D eigenvalue weighted by molar-refractivity contribution is -0.144. The van der Waals surface area contributed by atoms with Gasteiger partial charge in [-0.15, -0.1) is 0 Å². The van der Waals surface area contributed by atoms with Crippen LogP contribution in [0.2, 0.25) is 0 Å². The standard InChI is InChI=1S/C14H18N2O3S/c1-9-5-7-10(8-6-9)14-16(19-4)13(18-3)11(20-14)12(17)15-2/h5-8,14H,1-4H3,(H,15,17). The van der Waals surface area contributed by atoms with Crippen molar-refractivity contribution in [1.29, 1.82) is 0 Å². The molecule has 0 radical (unpaired) electrons. The van der Waals surface area contributed by atoms with Gasteiger partial charge in [-0.05, 0) is 12.5 Å². The van der Waals surface area contributed by atoms with Crippen LogP contribution in [0.5, 0.6) is 0 Å². The van der Waals surface area contributed by atoms with E-state index >= 15 is 0 Å². The quantitative estimate of drug-likeness (QED) is 0.922. The summed E-state index contributed by atoms with van der Waals surface area (Å²) in [4.78, 5) is 17.8. The highest BCUT2D eigenvalue weighted by molar-refractivity contribution is 8.04. The van der Waals surface area contributed by atoms with E-state index in [1.165, 1.54) is 24.4 Å². The van der Waals surface area contributed by atoms with Crippen LogP contribution in [0.4, 0.5) is 0 Å². The second-order valence-corrected chi connectivity index (χ2v) is 5.40. The number of carbonyl (C=O) groups excluding carboxylic acids is 1. The average Bonchev–Trinajstić information content (AvgIpc) is 2.85. The molecule has 1 aromatic rings. The highest BCUT2D eigenvalue weighted by Crippen LogP contribution is 2.47. The predicted molar refractivity (Wildman–Crippen MR) is 78.5 cm³/mol. The molecule has 6 heteroatoms. The molecule has 0 aliphatic carbocycles. The molecule has 1 aromatic carbocycles. The molecule has 0 spiro atoms. The van der Waals surface area contributed by atoms with E-state index in [2.05, 4.69) is 5.32 Å². The van der Waals surface area contributed by atoms with Crippen molar-refractivity contribution in [1.82, 2.24) is 10.4 Å². The first kappa shape index (κ1) is 14.7. The molecule has 1 atom stereocenters. The van der Waals surface area contributed by atoms with Crippen molar-refractivity contribution in [2.75, 3.05) is 21.3 Å². The van der Waals surface area contributed by atoms with Crippen LogP contribution in [0.1, 0.15) is 16.5 Å². The minimum atomic E-state index is -0.177. The number of methoxy groups -OCH3 is 1. The Labute approximate surface area is 122 Å². The SMILES string of the molecule is CNC(=O)C1=C(OC)N(OC)C(c2ccc(C)cc2)S1. The molecule has 108 valence electrons. The molecule has 1 N–H and O–H groups in total. The number of likely N-dealkylation sites (N-methyl/N-ethyl adjacent to an activating group) is 1. The van der Waals surface area contributed by atoms with E-state index in [0.717, 1.165) is 5.56 Å². The van der Waals surface area contributed by atoms with Crippen LogP contribution in [-0.4, -0.2) is 32.2 Å². The molecule has 2 rings (SSSR count). The normalized spacial score (nSPS) is 18.4. The third-order valence-corrected chi connectivity index (χ3v) is 4.31. The van der Waals surface area contributed by atoms with Crippen molar-refractivity contribution >= 4 is 17.7 Å². The number of benzene rings is 1. The molecule has 0 fully saturated rings. The summed E-state index contributed by atoms with van der Waals surface area (Å²) in [7, 11) is 4.69. The van der Waals surface area contributed by atoms with E-state index in [1.54, 1.807) is 19.2 Å². The minimum absolute atomic E-state index is 0.136. The zero-order valence-electron chi connectivity index (χ0n) is 12.0. The Hall–Kier alpha value is -1.66. The van der Waals surface area contributed by atoms with Crippen LogP contribution in [0.25, 0.3) is 0 Å². The third-order valence-electron chi connectivity index (χ3n) is 3.02. The molecule has 1 unspecified atom stereocenters. The van der Waals surface area contributed by atoms with Crippen molar-refractivity contribution in [2.24, 2.45) is 0 Å². The number of amides is 1. The van der Waals surface area contributed by atoms with E-state index in [4.69, 9.17) is 9.57 Å². The predicted octanol–water partition coefficient (Wildman–Crippen LogP) is 2.17. The second kappa shape index (κ2) is 6.19. The molecule has 1 aliphatic heterocycles. The molecular weight excluding hydrogens is 276 g/mol. The van der Waals surface area contributed by atoms with Crippen LogP contribution >= 0.6 is 11.8 Å². The Morgan fingerprint density at radius 1 is 1.30 bits per heavy atom. The van der Waals surface area contributed by atoms with E-state index < -0.39 is 0 Å². The first-order valence-electron chi connectivity index (χ1n) is 6.19. The first-order chi connectivity index (χ1) is 9.62. The lowest BCUT2D eigenvalue weighted by Gasteiger charge is -2.24. The third kappa shape index (κ3) is 2.62. The summed E-state index contributed by atoms with van der Waals surface area (Å²) in [5, 5.41) is 4.09. The second-order valence-electron chi connectivity index (χ2n) is 4.31. The minimum Gasteiger partial charge on any atom is -0.480 e. The maximum Gasteiger partial charge on any atom is 0.263 e. The van der Waals surface area contributed by atoms with Crippen LogP contribution < -0.4 is 5.32 Å². The molecule has 1 amide bonds. The number of thioether (sulfide) groups is 1. The number of hydroxylamine groups is 2. The number of nitrogens with zero attached hydrogens (tertiary/aromatic N) is 1. The Bertz CT molecular complexity index is 528. The number of hydrogen-bond acceptors (Lipinski definition) is 5. The largest absolute Gasteiger partial charge is 0.480 e. The van der Waals surface area contributed by atoms with Gasteiger partial charge in [0, 0.05) is 7.05 Å². The topological polar surface area (TPSA) is 50.8 Å². The van der Waals surface area contributed by atoms with Crippen LogP contribution in [0.15, 0.2) is 35.1 Å². The lowest BCUT2D eigenvalue weighted by Crippen LogP contribution is -2.24. The highest BCUT2D eigenvalue weighted by atomic mass is 32.2. The van der Waals surface area contributed by atoms with Gasteiger partial charge in [-0.1, -0.05) is 41.6 Å². The number of nitrogens with one attached hydrogen (secondary N) is 1. The zero-order chi connectivity index (χ0) is 14.7. The summed E-state index contributed by atoms with van der Waals surface area (Å²) in [6.45, 7) is 2.04. The van der Waals surface area contributed by atoms with Gasteiger partial charge in [-0.2, -0.15) is 0 Å². The molecule has 0 saturated carbocycles. The molecular formula is C14H18N2O3S. The summed E-state index contributed by atoms with van der Waals surface area (Å²) in [6, 6.07) is 8.13. The summed E-state index contributed by atoms with van der Waals surface area (Å²) in [6.07, 6.45) is 0. The zero-order valence-corrected chi connectivity index (χ0v) is 12.8. The average molecular weight is 294 g/mol. The Morgan fingerprint density at radius 2 is 1.95 bits per heavy atom. The molecule has 1 aliphatic rings. The Morgan fingerprint density at radius 3 is 2.45 bits per heavy atom. The van der Waals surface area contributed by atoms with Gasteiger partial charge < -0.3 is 10.1 Å². The van der Waals surface area contributed by atoms with Crippen LogP contribution in [0, 0.1) is 6.92 Å². The van der Waals surface area contributed by atoms with Crippen LogP contribution in [0.3, 0.4) is 0 Å². The van der Waals surface area contributed by atoms with E-state index in [0.29, 0.717) is 10.8 Å².